The first-order valence-corrected chi connectivity index (χ1v) is 6.81. The van der Waals surface area contributed by atoms with Crippen molar-refractivity contribution in [3.05, 3.63) is 34.4 Å². The molecule has 1 aliphatic rings. The maximum atomic E-state index is 10.7. The van der Waals surface area contributed by atoms with Crippen molar-refractivity contribution in [3.8, 4) is 0 Å². The Morgan fingerprint density at radius 2 is 1.79 bits per heavy atom. The number of hydrazone groups is 1. The van der Waals surface area contributed by atoms with Gasteiger partial charge in [-0.25, -0.2) is 0 Å². The third-order valence-corrected chi connectivity index (χ3v) is 3.33. The van der Waals surface area contributed by atoms with Crippen molar-refractivity contribution in [2.24, 2.45) is 5.10 Å². The number of nitro groups is 1. The lowest BCUT2D eigenvalue weighted by molar-refractivity contribution is -0.384. The standard InChI is InChI=1S/C14H19N3O2/c18-17(19)14-10-6-9-13(11-14)16-15-12-7-4-2-1-3-5-8-12/h6,9-11,16H,1-5,7-8H2. The Kier molecular flexibility index (Phi) is 4.89. The first-order chi connectivity index (χ1) is 9.25. The van der Waals surface area contributed by atoms with Crippen LogP contribution in [0, 0.1) is 10.1 Å². The van der Waals surface area contributed by atoms with Crippen molar-refractivity contribution < 1.29 is 4.92 Å². The summed E-state index contributed by atoms with van der Waals surface area (Å²) in [6.07, 6.45) is 8.31. The molecule has 0 saturated heterocycles. The number of nitrogens with one attached hydrogen (secondary N) is 1. The molecule has 0 aliphatic heterocycles. The molecule has 0 radical (unpaired) electrons. The summed E-state index contributed by atoms with van der Waals surface area (Å²) in [5.41, 5.74) is 4.87. The zero-order valence-corrected chi connectivity index (χ0v) is 11.0. The van der Waals surface area contributed by atoms with Gasteiger partial charge in [0.05, 0.1) is 10.6 Å². The van der Waals surface area contributed by atoms with Gasteiger partial charge >= 0.3 is 0 Å². The van der Waals surface area contributed by atoms with Crippen molar-refractivity contribution >= 4 is 17.1 Å². The van der Waals surface area contributed by atoms with E-state index in [1.165, 1.54) is 49.9 Å². The highest BCUT2D eigenvalue weighted by molar-refractivity contribution is 5.85. The number of non-ortho nitro benzene ring substituents is 1. The smallest absolute Gasteiger partial charge is 0.271 e. The number of hydrogen-bond acceptors (Lipinski definition) is 4. The Balaban J connectivity index is 1.99. The van der Waals surface area contributed by atoms with Crippen molar-refractivity contribution in [1.29, 1.82) is 0 Å². The van der Waals surface area contributed by atoms with Gasteiger partial charge in [0.2, 0.25) is 0 Å². The lowest BCUT2D eigenvalue weighted by atomic mass is 9.99. The fourth-order valence-electron chi connectivity index (χ4n) is 2.26. The van der Waals surface area contributed by atoms with Crippen LogP contribution in [-0.2, 0) is 0 Å². The Morgan fingerprint density at radius 1 is 1.11 bits per heavy atom. The van der Waals surface area contributed by atoms with Crippen LogP contribution in [0.25, 0.3) is 0 Å². The molecule has 1 N–H and O–H groups in total. The highest BCUT2D eigenvalue weighted by atomic mass is 16.6. The van der Waals surface area contributed by atoms with Gasteiger partial charge in [0.15, 0.2) is 0 Å². The zero-order chi connectivity index (χ0) is 13.5. The molecule has 102 valence electrons. The van der Waals surface area contributed by atoms with Crippen LogP contribution in [0.1, 0.15) is 44.9 Å². The molecule has 1 fully saturated rings. The van der Waals surface area contributed by atoms with E-state index in [0.717, 1.165) is 12.8 Å². The maximum Gasteiger partial charge on any atom is 0.271 e. The number of nitro benzene ring substituents is 1. The summed E-state index contributed by atoms with van der Waals surface area (Å²) >= 11 is 0. The molecule has 1 aromatic carbocycles. The molecule has 0 heterocycles. The number of hydrogen-bond donors (Lipinski definition) is 1. The van der Waals surface area contributed by atoms with Gasteiger partial charge in [0.1, 0.15) is 0 Å². The predicted molar refractivity (Wildman–Crippen MR) is 76.5 cm³/mol. The van der Waals surface area contributed by atoms with Crippen molar-refractivity contribution in [3.63, 3.8) is 0 Å². The van der Waals surface area contributed by atoms with Crippen LogP contribution < -0.4 is 5.43 Å². The van der Waals surface area contributed by atoms with E-state index in [9.17, 15) is 10.1 Å². The summed E-state index contributed by atoms with van der Waals surface area (Å²) in [6, 6.07) is 6.44. The number of nitrogens with zero attached hydrogens (tertiary/aromatic N) is 2. The third-order valence-electron chi connectivity index (χ3n) is 3.33. The van der Waals surface area contributed by atoms with E-state index in [1.54, 1.807) is 12.1 Å². The predicted octanol–water partition coefficient (Wildman–Crippen LogP) is 4.11. The molecule has 0 aromatic heterocycles. The lowest BCUT2D eigenvalue weighted by Gasteiger charge is -2.11. The number of benzene rings is 1. The normalized spacial score (nSPS) is 16.3. The highest BCUT2D eigenvalue weighted by Crippen LogP contribution is 2.18. The molecule has 0 atom stereocenters. The SMILES string of the molecule is O=[N+]([O-])c1cccc(NN=C2CCCCCCC2)c1. The summed E-state index contributed by atoms with van der Waals surface area (Å²) in [5, 5.41) is 15.1. The van der Waals surface area contributed by atoms with Gasteiger partial charge in [-0.15, -0.1) is 0 Å². The molecular formula is C14H19N3O2. The quantitative estimate of drug-likeness (QED) is 0.657. The van der Waals surface area contributed by atoms with Crippen LogP contribution >= 0.6 is 0 Å². The van der Waals surface area contributed by atoms with E-state index in [0.29, 0.717) is 5.69 Å². The Morgan fingerprint density at radius 3 is 2.47 bits per heavy atom. The number of rotatable bonds is 3. The average Bonchev–Trinajstić information content (AvgIpc) is 2.38. The summed E-state index contributed by atoms with van der Waals surface area (Å²) in [5.74, 6) is 0. The fourth-order valence-corrected chi connectivity index (χ4v) is 2.26. The van der Waals surface area contributed by atoms with Crippen molar-refractivity contribution in [2.45, 2.75) is 44.9 Å². The maximum absolute atomic E-state index is 10.7. The summed E-state index contributed by atoms with van der Waals surface area (Å²) in [7, 11) is 0. The minimum Gasteiger partial charge on any atom is -0.278 e. The fraction of sp³-hybridized carbons (Fsp3) is 0.500. The molecule has 0 bridgehead atoms. The van der Waals surface area contributed by atoms with Crippen molar-refractivity contribution in [2.75, 3.05) is 5.43 Å². The molecule has 5 heteroatoms. The first-order valence-electron chi connectivity index (χ1n) is 6.81. The van der Waals surface area contributed by atoms with Crippen LogP contribution in [-0.4, -0.2) is 10.6 Å². The summed E-state index contributed by atoms with van der Waals surface area (Å²) in [6.45, 7) is 0. The second-order valence-corrected chi connectivity index (χ2v) is 4.87. The molecule has 0 spiro atoms. The van der Waals surface area contributed by atoms with E-state index in [4.69, 9.17) is 0 Å². The molecular weight excluding hydrogens is 242 g/mol. The minimum absolute atomic E-state index is 0.0860. The summed E-state index contributed by atoms with van der Waals surface area (Å²) in [4.78, 5) is 10.3. The van der Waals surface area contributed by atoms with E-state index < -0.39 is 4.92 Å². The second-order valence-electron chi connectivity index (χ2n) is 4.87. The van der Waals surface area contributed by atoms with Gasteiger partial charge in [-0.2, -0.15) is 5.10 Å². The molecule has 1 aliphatic carbocycles. The topological polar surface area (TPSA) is 67.5 Å². The van der Waals surface area contributed by atoms with E-state index in [2.05, 4.69) is 10.5 Å². The Labute approximate surface area is 112 Å². The van der Waals surface area contributed by atoms with Crippen molar-refractivity contribution in [1.82, 2.24) is 0 Å². The van der Waals surface area contributed by atoms with Crippen LogP contribution in [0.4, 0.5) is 11.4 Å². The van der Waals surface area contributed by atoms with E-state index in [1.807, 2.05) is 0 Å². The van der Waals surface area contributed by atoms with Gasteiger partial charge in [0.25, 0.3) is 5.69 Å². The van der Waals surface area contributed by atoms with Gasteiger partial charge in [-0.05, 0) is 31.7 Å². The molecule has 19 heavy (non-hydrogen) atoms. The molecule has 0 unspecified atom stereocenters. The Bertz CT molecular complexity index is 462. The molecule has 0 amide bonds. The Hall–Kier alpha value is -1.91. The number of anilines is 1. The molecule has 1 aromatic rings. The van der Waals surface area contributed by atoms with Crippen LogP contribution in [0.5, 0.6) is 0 Å². The first kappa shape index (κ1) is 13.5. The van der Waals surface area contributed by atoms with Gasteiger partial charge < -0.3 is 0 Å². The highest BCUT2D eigenvalue weighted by Gasteiger charge is 2.07. The monoisotopic (exact) mass is 261 g/mol. The van der Waals surface area contributed by atoms with Gasteiger partial charge in [0, 0.05) is 17.8 Å². The van der Waals surface area contributed by atoms with Crippen LogP contribution in [0.2, 0.25) is 0 Å². The second kappa shape index (κ2) is 6.87. The van der Waals surface area contributed by atoms with E-state index in [-0.39, 0.29) is 5.69 Å². The molecule has 5 nitrogen and oxygen atoms in total. The summed E-state index contributed by atoms with van der Waals surface area (Å²) < 4.78 is 0. The van der Waals surface area contributed by atoms with E-state index >= 15 is 0 Å². The third kappa shape index (κ3) is 4.35. The average molecular weight is 261 g/mol. The lowest BCUT2D eigenvalue weighted by Crippen LogP contribution is -2.05. The molecule has 1 saturated carbocycles. The van der Waals surface area contributed by atoms with Crippen LogP contribution in [0.15, 0.2) is 29.4 Å². The van der Waals surface area contributed by atoms with Crippen LogP contribution in [0.3, 0.4) is 0 Å². The van der Waals surface area contributed by atoms with Gasteiger partial charge in [-0.1, -0.05) is 25.3 Å². The zero-order valence-electron chi connectivity index (χ0n) is 11.0. The van der Waals surface area contributed by atoms with Gasteiger partial charge in [-0.3, -0.25) is 15.5 Å². The molecule has 2 rings (SSSR count). The minimum atomic E-state index is -0.395. The largest absolute Gasteiger partial charge is 0.278 e.